The Hall–Kier alpha value is -2.33. The Labute approximate surface area is 155 Å². The van der Waals surface area contributed by atoms with Crippen LogP contribution in [-0.2, 0) is 17.9 Å². The topological polar surface area (TPSA) is 50.4 Å². The van der Waals surface area contributed by atoms with E-state index in [1.807, 2.05) is 42.5 Å². The molecule has 2 aliphatic rings. The SMILES string of the molecule is O=C(NCc1ccc(OCc2ccccc2)cc1)C1CC12CCNCC2. The van der Waals surface area contributed by atoms with Crippen LogP contribution in [0.2, 0.25) is 0 Å². The molecule has 4 rings (SSSR count). The van der Waals surface area contributed by atoms with Crippen molar-refractivity contribution in [2.75, 3.05) is 13.1 Å². The Morgan fingerprint density at radius 3 is 2.50 bits per heavy atom. The van der Waals surface area contributed by atoms with Crippen molar-refractivity contribution in [2.24, 2.45) is 11.3 Å². The van der Waals surface area contributed by atoms with Crippen molar-refractivity contribution in [2.45, 2.75) is 32.4 Å². The zero-order valence-electron chi connectivity index (χ0n) is 15.0. The number of carbonyl (C=O) groups is 1. The summed E-state index contributed by atoms with van der Waals surface area (Å²) in [4.78, 5) is 12.4. The Morgan fingerprint density at radius 1 is 1.04 bits per heavy atom. The van der Waals surface area contributed by atoms with Crippen molar-refractivity contribution in [3.05, 3.63) is 65.7 Å². The van der Waals surface area contributed by atoms with Crippen molar-refractivity contribution in [1.82, 2.24) is 10.6 Å². The first-order valence-electron chi connectivity index (χ1n) is 9.49. The lowest BCUT2D eigenvalue weighted by molar-refractivity contribution is -0.123. The lowest BCUT2D eigenvalue weighted by atomic mass is 9.92. The first kappa shape index (κ1) is 17.1. The molecule has 1 unspecified atom stereocenters. The number of amides is 1. The normalized spacial score (nSPS) is 20.5. The highest BCUT2D eigenvalue weighted by atomic mass is 16.5. The van der Waals surface area contributed by atoms with Crippen LogP contribution < -0.4 is 15.4 Å². The molecule has 2 N–H and O–H groups in total. The maximum atomic E-state index is 12.4. The molecule has 1 spiro atoms. The summed E-state index contributed by atoms with van der Waals surface area (Å²) in [5.74, 6) is 1.29. The molecule has 1 aliphatic heterocycles. The standard InChI is InChI=1S/C22H26N2O2/c25-21(20-14-22(20)10-12-23-13-11-22)24-15-17-6-8-19(9-7-17)26-16-18-4-2-1-3-5-18/h1-9,20,23H,10-16H2,(H,24,25). The van der Waals surface area contributed by atoms with Crippen LogP contribution in [0.15, 0.2) is 54.6 Å². The molecule has 4 nitrogen and oxygen atoms in total. The third kappa shape index (κ3) is 3.91. The van der Waals surface area contributed by atoms with Crippen LogP contribution in [0.5, 0.6) is 5.75 Å². The molecular formula is C22H26N2O2. The van der Waals surface area contributed by atoms with Crippen molar-refractivity contribution in [3.8, 4) is 5.75 Å². The number of rotatable bonds is 6. The number of nitrogens with one attached hydrogen (secondary N) is 2. The second kappa shape index (κ2) is 7.50. The largest absolute Gasteiger partial charge is 0.489 e. The third-order valence-corrected chi connectivity index (χ3v) is 5.74. The van der Waals surface area contributed by atoms with E-state index in [1.165, 1.54) is 0 Å². The second-order valence-electron chi connectivity index (χ2n) is 7.51. The fourth-order valence-corrected chi connectivity index (χ4v) is 3.95. The number of hydrogen-bond acceptors (Lipinski definition) is 3. The molecule has 26 heavy (non-hydrogen) atoms. The molecule has 1 saturated carbocycles. The van der Waals surface area contributed by atoms with Gasteiger partial charge in [0.25, 0.3) is 0 Å². The summed E-state index contributed by atoms with van der Waals surface area (Å²) in [7, 11) is 0. The molecule has 0 radical (unpaired) electrons. The maximum absolute atomic E-state index is 12.4. The van der Waals surface area contributed by atoms with Crippen LogP contribution in [-0.4, -0.2) is 19.0 Å². The summed E-state index contributed by atoms with van der Waals surface area (Å²) in [6.07, 6.45) is 3.34. The number of hydrogen-bond donors (Lipinski definition) is 2. The number of benzene rings is 2. The summed E-state index contributed by atoms with van der Waals surface area (Å²) >= 11 is 0. The van der Waals surface area contributed by atoms with Gasteiger partial charge in [0.05, 0.1) is 0 Å². The van der Waals surface area contributed by atoms with Crippen molar-refractivity contribution >= 4 is 5.91 Å². The van der Waals surface area contributed by atoms with Gasteiger partial charge in [-0.25, -0.2) is 0 Å². The average molecular weight is 350 g/mol. The number of carbonyl (C=O) groups excluding carboxylic acids is 1. The van der Waals surface area contributed by atoms with Gasteiger partial charge < -0.3 is 15.4 Å². The lowest BCUT2D eigenvalue weighted by Crippen LogP contribution is -2.33. The van der Waals surface area contributed by atoms with E-state index in [0.717, 1.165) is 49.2 Å². The molecule has 1 amide bonds. The number of ether oxygens (including phenoxy) is 1. The quantitative estimate of drug-likeness (QED) is 0.841. The van der Waals surface area contributed by atoms with E-state index in [2.05, 4.69) is 22.8 Å². The lowest BCUT2D eigenvalue weighted by Gasteiger charge is -2.23. The Balaban J connectivity index is 1.23. The van der Waals surface area contributed by atoms with Crippen molar-refractivity contribution < 1.29 is 9.53 Å². The van der Waals surface area contributed by atoms with Crippen LogP contribution in [0.3, 0.4) is 0 Å². The van der Waals surface area contributed by atoms with E-state index < -0.39 is 0 Å². The zero-order valence-corrected chi connectivity index (χ0v) is 15.0. The Kier molecular flexibility index (Phi) is 4.93. The van der Waals surface area contributed by atoms with Crippen LogP contribution in [0.25, 0.3) is 0 Å². The first-order chi connectivity index (χ1) is 12.8. The van der Waals surface area contributed by atoms with Gasteiger partial charge in [0.15, 0.2) is 0 Å². The Morgan fingerprint density at radius 2 is 1.77 bits per heavy atom. The smallest absolute Gasteiger partial charge is 0.223 e. The van der Waals surface area contributed by atoms with Gasteiger partial charge >= 0.3 is 0 Å². The minimum absolute atomic E-state index is 0.219. The van der Waals surface area contributed by atoms with Gasteiger partial charge in [-0.15, -0.1) is 0 Å². The van der Waals surface area contributed by atoms with Crippen LogP contribution in [0.1, 0.15) is 30.4 Å². The third-order valence-electron chi connectivity index (χ3n) is 5.74. The Bertz CT molecular complexity index is 736. The van der Waals surface area contributed by atoms with E-state index in [-0.39, 0.29) is 11.8 Å². The van der Waals surface area contributed by atoms with E-state index in [1.54, 1.807) is 0 Å². The molecule has 2 aromatic carbocycles. The molecule has 136 valence electrons. The number of piperidine rings is 1. The molecule has 2 fully saturated rings. The van der Waals surface area contributed by atoms with Crippen LogP contribution >= 0.6 is 0 Å². The van der Waals surface area contributed by atoms with Crippen LogP contribution in [0, 0.1) is 11.3 Å². The van der Waals surface area contributed by atoms with E-state index in [0.29, 0.717) is 18.6 Å². The molecular weight excluding hydrogens is 324 g/mol. The monoisotopic (exact) mass is 350 g/mol. The molecule has 1 heterocycles. The van der Waals surface area contributed by atoms with Gasteiger partial charge in [0.2, 0.25) is 5.91 Å². The summed E-state index contributed by atoms with van der Waals surface area (Å²) in [6.45, 7) is 3.25. The molecule has 2 aromatic rings. The van der Waals surface area contributed by atoms with Crippen LogP contribution in [0.4, 0.5) is 0 Å². The summed E-state index contributed by atoms with van der Waals surface area (Å²) < 4.78 is 5.80. The first-order valence-corrected chi connectivity index (χ1v) is 9.49. The molecule has 4 heteroatoms. The summed E-state index contributed by atoms with van der Waals surface area (Å²) in [6, 6.07) is 18.1. The van der Waals surface area contributed by atoms with Gasteiger partial charge in [-0.3, -0.25) is 4.79 Å². The van der Waals surface area contributed by atoms with Crippen molar-refractivity contribution in [1.29, 1.82) is 0 Å². The molecule has 1 aliphatic carbocycles. The molecule has 1 atom stereocenters. The van der Waals surface area contributed by atoms with Gasteiger partial charge in [-0.1, -0.05) is 42.5 Å². The fourth-order valence-electron chi connectivity index (χ4n) is 3.95. The highest BCUT2D eigenvalue weighted by Gasteiger charge is 2.57. The van der Waals surface area contributed by atoms with Crippen molar-refractivity contribution in [3.63, 3.8) is 0 Å². The van der Waals surface area contributed by atoms with Gasteiger partial charge in [0.1, 0.15) is 12.4 Å². The predicted octanol–water partition coefficient (Wildman–Crippen LogP) is 3.27. The molecule has 1 saturated heterocycles. The van der Waals surface area contributed by atoms with Gasteiger partial charge in [-0.05, 0) is 61.0 Å². The highest BCUT2D eigenvalue weighted by Crippen LogP contribution is 2.58. The predicted molar refractivity (Wildman–Crippen MR) is 102 cm³/mol. The molecule has 0 bridgehead atoms. The summed E-state index contributed by atoms with van der Waals surface area (Å²) in [5, 5.41) is 6.49. The second-order valence-corrected chi connectivity index (χ2v) is 7.51. The minimum Gasteiger partial charge on any atom is -0.489 e. The fraction of sp³-hybridized carbons (Fsp3) is 0.409. The minimum atomic E-state index is 0.219. The average Bonchev–Trinajstić information content (AvgIpc) is 3.39. The highest BCUT2D eigenvalue weighted by molar-refractivity contribution is 5.82. The van der Waals surface area contributed by atoms with Gasteiger partial charge in [0, 0.05) is 12.5 Å². The zero-order chi connectivity index (χ0) is 17.8. The summed E-state index contributed by atoms with van der Waals surface area (Å²) in [5.41, 5.74) is 2.55. The molecule has 0 aromatic heterocycles. The van der Waals surface area contributed by atoms with E-state index in [4.69, 9.17) is 4.74 Å². The maximum Gasteiger partial charge on any atom is 0.223 e. The van der Waals surface area contributed by atoms with Gasteiger partial charge in [-0.2, -0.15) is 0 Å². The van der Waals surface area contributed by atoms with E-state index >= 15 is 0 Å². The van der Waals surface area contributed by atoms with E-state index in [9.17, 15) is 4.79 Å².